The van der Waals surface area contributed by atoms with Gasteiger partial charge in [0.05, 0.1) is 12.8 Å². The van der Waals surface area contributed by atoms with Gasteiger partial charge in [-0.1, -0.05) is 76.2 Å². The molecule has 7 N–H and O–H groups in total. The first kappa shape index (κ1) is 53.7. The third-order valence-corrected chi connectivity index (χ3v) is 18.4. The number of phenols is 2. The van der Waals surface area contributed by atoms with Gasteiger partial charge in [0.25, 0.3) is 0 Å². The van der Waals surface area contributed by atoms with Gasteiger partial charge in [-0.05, 0) is 179 Å². The van der Waals surface area contributed by atoms with Crippen LogP contribution in [-0.4, -0.2) is 85.0 Å². The zero-order valence-corrected chi connectivity index (χ0v) is 44.0. The highest BCUT2D eigenvalue weighted by Gasteiger charge is 2.61. The molecule has 2 aromatic carbocycles. The Hall–Kier alpha value is -4.54. The summed E-state index contributed by atoms with van der Waals surface area (Å²) in [5.74, 6) is 6.38. The molecular weight excluding hydrogens is 905 g/mol. The van der Waals surface area contributed by atoms with Crippen LogP contribution in [0.2, 0.25) is 0 Å². The van der Waals surface area contributed by atoms with Gasteiger partial charge in [-0.3, -0.25) is 15.1 Å². The normalized spacial score (nSPS) is 33.4. The molecular formula is C60H86N4O8. The Morgan fingerprint density at radius 1 is 0.986 bits per heavy atom. The van der Waals surface area contributed by atoms with Crippen LogP contribution in [0.15, 0.2) is 59.6 Å². The van der Waals surface area contributed by atoms with Crippen molar-refractivity contribution in [2.75, 3.05) is 46.3 Å². The van der Waals surface area contributed by atoms with E-state index in [0.717, 1.165) is 114 Å². The number of guanidine groups is 1. The summed E-state index contributed by atoms with van der Waals surface area (Å²) in [5, 5.41) is 54.7. The fourth-order valence-corrected chi connectivity index (χ4v) is 15.0. The van der Waals surface area contributed by atoms with Gasteiger partial charge in [-0.25, -0.2) is 0 Å². The molecule has 0 amide bonds. The smallest absolute Gasteiger partial charge is 0.207 e. The van der Waals surface area contributed by atoms with Gasteiger partial charge in [0.15, 0.2) is 35.1 Å². The van der Waals surface area contributed by atoms with Crippen molar-refractivity contribution < 1.29 is 39.4 Å². The zero-order chi connectivity index (χ0) is 50.9. The van der Waals surface area contributed by atoms with Crippen LogP contribution in [0.5, 0.6) is 23.0 Å². The minimum atomic E-state index is -0.839. The second kappa shape index (κ2) is 24.2. The fourth-order valence-electron chi connectivity index (χ4n) is 15.0. The van der Waals surface area contributed by atoms with Crippen LogP contribution >= 0.6 is 0 Å². The summed E-state index contributed by atoms with van der Waals surface area (Å²) in [6.45, 7) is 5.71. The molecule has 72 heavy (non-hydrogen) atoms. The molecule has 2 bridgehead atoms. The van der Waals surface area contributed by atoms with Crippen molar-refractivity contribution in [2.24, 2.45) is 57.8 Å². The standard InChI is InChI=1S/C60H86N4O8/c1-6-8-9-10-31-71-55(68)34-42-25-28-58(37-42,39-61-3)72-53-36-44-35-50(56(53)69)64-57(62-4)63-29-13-16-43-15-11-26-59(43,38-41-20-23-51(66)52(33-41)70-5)54(67)24-22-49-47-32-40(7-2)19-21-45(47)46(17-14-30-65)48-18-12-27-60(44,48)49/h19-24,33,35-36,40,42-43,45-49,55,61,65-66,68-69H,6-12,14-18,25-28,30-32,34,37-39H2,1-5H3,(H2,62,63,64)/b24-22+/t40-,42+,43+,45+,46+,47-,48-,49-,55-,58+,59+,60+/m0/s1. The Morgan fingerprint density at radius 2 is 1.83 bits per heavy atom. The molecule has 1 heterocycles. The summed E-state index contributed by atoms with van der Waals surface area (Å²) < 4.78 is 18.8. The predicted molar refractivity (Wildman–Crippen MR) is 285 cm³/mol. The van der Waals surface area contributed by atoms with E-state index < -0.39 is 22.7 Å². The third-order valence-electron chi connectivity index (χ3n) is 18.4. The number of methoxy groups -OCH3 is 1. The highest BCUT2D eigenvalue weighted by atomic mass is 16.6. The second-order valence-electron chi connectivity index (χ2n) is 22.5. The Kier molecular flexibility index (Phi) is 18.1. The number of carbonyl (C=O) groups excluding carboxylic acids is 1. The van der Waals surface area contributed by atoms with Crippen LogP contribution in [-0.2, 0) is 21.4 Å². The van der Waals surface area contributed by atoms with Crippen LogP contribution in [0, 0.1) is 64.7 Å². The number of ketones is 1. The van der Waals surface area contributed by atoms with Gasteiger partial charge in [-0.2, -0.15) is 0 Å². The lowest BCUT2D eigenvalue weighted by atomic mass is 9.46. The summed E-state index contributed by atoms with van der Waals surface area (Å²) in [5.41, 5.74) is 0.694. The van der Waals surface area contributed by atoms with Gasteiger partial charge >= 0.3 is 0 Å². The molecule has 0 radical (unpaired) electrons. The summed E-state index contributed by atoms with van der Waals surface area (Å²) >= 11 is 0. The Morgan fingerprint density at radius 3 is 2.61 bits per heavy atom. The largest absolute Gasteiger partial charge is 0.504 e. The van der Waals surface area contributed by atoms with Crippen molar-refractivity contribution in [3.63, 3.8) is 0 Å². The van der Waals surface area contributed by atoms with Crippen molar-refractivity contribution in [2.45, 2.75) is 160 Å². The number of unbranched alkanes of at least 4 members (excludes halogenated alkanes) is 3. The van der Waals surface area contributed by atoms with Gasteiger partial charge in [-0.15, -0.1) is 0 Å². The number of carbonyl (C=O) groups is 1. The molecule has 394 valence electrons. The number of likely N-dealkylation sites (N-methyl/N-ethyl adjacent to an activating group) is 1. The first-order valence-electron chi connectivity index (χ1n) is 27.8. The topological polar surface area (TPSA) is 174 Å². The number of phenolic OH excluding ortho intramolecular Hbond substituents is 2. The van der Waals surface area contributed by atoms with E-state index in [9.17, 15) is 20.4 Å². The molecule has 0 saturated heterocycles. The molecule has 4 fully saturated rings. The van der Waals surface area contributed by atoms with E-state index in [1.807, 2.05) is 25.3 Å². The maximum atomic E-state index is 15.6. The summed E-state index contributed by atoms with van der Waals surface area (Å²) in [7, 11) is 5.19. The van der Waals surface area contributed by atoms with Crippen molar-refractivity contribution in [3.05, 3.63) is 65.8 Å². The highest BCUT2D eigenvalue weighted by molar-refractivity contribution is 5.97. The van der Waals surface area contributed by atoms with Crippen LogP contribution in [0.4, 0.5) is 5.69 Å². The van der Waals surface area contributed by atoms with Gasteiger partial charge in [0, 0.05) is 56.5 Å². The number of aromatic hydroxyl groups is 2. The fraction of sp³-hybridized carbons (Fsp3) is 0.667. The van der Waals surface area contributed by atoms with E-state index in [1.165, 1.54) is 0 Å². The number of nitrogens with one attached hydrogen (secondary N) is 3. The van der Waals surface area contributed by atoms with Crippen LogP contribution in [0.3, 0.4) is 0 Å². The molecule has 0 unspecified atom stereocenters. The number of ether oxygens (including phenoxy) is 3. The van der Waals surface area contributed by atoms with E-state index in [2.05, 4.69) is 77.1 Å². The number of aliphatic hydroxyl groups is 2. The summed E-state index contributed by atoms with van der Waals surface area (Å²) in [4.78, 5) is 20.2. The van der Waals surface area contributed by atoms with Gasteiger partial charge < -0.3 is 45.3 Å². The van der Waals surface area contributed by atoms with E-state index in [1.54, 1.807) is 20.2 Å². The van der Waals surface area contributed by atoms with Crippen molar-refractivity contribution in [1.29, 1.82) is 0 Å². The lowest BCUT2D eigenvalue weighted by Crippen LogP contribution is -2.54. The van der Waals surface area contributed by atoms with E-state index in [0.29, 0.717) is 73.8 Å². The second-order valence-corrected chi connectivity index (χ2v) is 22.5. The SMILES string of the molecule is CCCCCCO[C@H](O)C[C@H]1CC[C@@](CNC)(Oc2cc3cc(c2O)NC(=NC)NC#CC[C@H]2CCC[C@]2(Cc2ccc(O)c(OC)c2)C(=O)/C=C/[C@H]2[C@H]4C[C@@H](CC)C=C[C@@H]4[C@@H](CCCO)[C@@H]4CCC[C@]324)C1. The van der Waals surface area contributed by atoms with Crippen molar-refractivity contribution in [3.8, 4) is 35.0 Å². The van der Waals surface area contributed by atoms with E-state index in [4.69, 9.17) is 14.2 Å². The summed E-state index contributed by atoms with van der Waals surface area (Å²) in [6.07, 6.45) is 25.7. The average molecular weight is 991 g/mol. The minimum Gasteiger partial charge on any atom is -0.504 e. The number of aliphatic imine (C=N–C) groups is 1. The monoisotopic (exact) mass is 991 g/mol. The van der Waals surface area contributed by atoms with Gasteiger partial charge in [0.1, 0.15) is 5.60 Å². The van der Waals surface area contributed by atoms with Crippen molar-refractivity contribution in [1.82, 2.24) is 10.6 Å². The highest BCUT2D eigenvalue weighted by Crippen LogP contribution is 2.66. The molecule has 5 aliphatic carbocycles. The molecule has 8 rings (SSSR count). The molecule has 4 saturated carbocycles. The minimum absolute atomic E-state index is 0.00266. The molecule has 0 aromatic heterocycles. The lowest BCUT2D eigenvalue weighted by Gasteiger charge is -2.58. The third kappa shape index (κ3) is 11.3. The van der Waals surface area contributed by atoms with Crippen LogP contribution in [0.1, 0.15) is 147 Å². The maximum absolute atomic E-state index is 15.6. The van der Waals surface area contributed by atoms with Crippen LogP contribution < -0.4 is 25.4 Å². The number of hydrogen-bond donors (Lipinski definition) is 7. The molecule has 12 heteroatoms. The number of hydrogen-bond acceptors (Lipinski definition) is 10. The number of aliphatic hydroxyl groups excluding tert-OH is 2. The van der Waals surface area contributed by atoms with E-state index >= 15 is 4.79 Å². The number of anilines is 1. The molecule has 12 atom stereocenters. The first-order chi connectivity index (χ1) is 35.0. The molecule has 2 aromatic rings. The maximum Gasteiger partial charge on any atom is 0.207 e. The average Bonchev–Trinajstić information content (AvgIpc) is 4.12. The lowest BCUT2D eigenvalue weighted by molar-refractivity contribution is -0.125. The Labute approximate surface area is 430 Å². The Bertz CT molecular complexity index is 2320. The molecule has 12 nitrogen and oxygen atoms in total. The number of nitrogens with zero attached hydrogens (tertiary/aromatic N) is 1. The zero-order valence-electron chi connectivity index (χ0n) is 44.0. The van der Waals surface area contributed by atoms with E-state index in [-0.39, 0.29) is 59.4 Å². The van der Waals surface area contributed by atoms with Crippen molar-refractivity contribution >= 4 is 17.4 Å². The number of allylic oxidation sites excluding steroid dienone is 4. The number of rotatable bonds is 19. The molecule has 6 aliphatic rings. The number of benzene rings is 2. The molecule has 1 aliphatic heterocycles. The summed E-state index contributed by atoms with van der Waals surface area (Å²) in [6, 6.07) is 12.9. The quantitative estimate of drug-likeness (QED) is 0.0235. The number of fused-ring (bicyclic) bond motifs is 5. The first-order valence-corrected chi connectivity index (χ1v) is 27.8. The van der Waals surface area contributed by atoms with Crippen LogP contribution in [0.25, 0.3) is 0 Å². The van der Waals surface area contributed by atoms with Gasteiger partial charge in [0.2, 0.25) is 5.96 Å². The molecule has 1 spiro atoms. The predicted octanol–water partition coefficient (Wildman–Crippen LogP) is 10.3. The Balaban J connectivity index is 1.26.